The highest BCUT2D eigenvalue weighted by Gasteiger charge is 2.28. The Morgan fingerprint density at radius 1 is 1.33 bits per heavy atom. The summed E-state index contributed by atoms with van der Waals surface area (Å²) >= 11 is 0. The highest BCUT2D eigenvalue weighted by molar-refractivity contribution is 5.58. The Morgan fingerprint density at radius 3 is 2.86 bits per heavy atom. The smallest absolute Gasteiger partial charge is 0.228 e. The summed E-state index contributed by atoms with van der Waals surface area (Å²) in [6.45, 7) is 2.11. The Balaban J connectivity index is 1.88. The van der Waals surface area contributed by atoms with Gasteiger partial charge in [-0.2, -0.15) is 15.0 Å². The number of nitrogen functional groups attached to an aromatic ring is 1. The van der Waals surface area contributed by atoms with Gasteiger partial charge in [0.1, 0.15) is 0 Å². The molecule has 1 aromatic carbocycles. The average molecular weight is 285 g/mol. The van der Waals surface area contributed by atoms with Crippen LogP contribution in [0.2, 0.25) is 0 Å². The molecule has 0 aliphatic heterocycles. The van der Waals surface area contributed by atoms with Crippen molar-refractivity contribution in [3.8, 4) is 11.4 Å². The molecule has 1 unspecified atom stereocenters. The predicted octanol–water partition coefficient (Wildman–Crippen LogP) is 1.82. The van der Waals surface area contributed by atoms with Crippen LogP contribution >= 0.6 is 0 Å². The molecule has 0 radical (unpaired) electrons. The van der Waals surface area contributed by atoms with E-state index in [4.69, 9.17) is 5.73 Å². The fraction of sp³-hybridized carbons (Fsp3) is 0.400. The second-order valence-electron chi connectivity index (χ2n) is 5.47. The Morgan fingerprint density at radius 2 is 2.14 bits per heavy atom. The van der Waals surface area contributed by atoms with Gasteiger partial charge in [-0.05, 0) is 37.3 Å². The summed E-state index contributed by atoms with van der Waals surface area (Å²) in [6.07, 6.45) is 2.50. The molecule has 1 atom stereocenters. The van der Waals surface area contributed by atoms with Crippen molar-refractivity contribution in [3.63, 3.8) is 0 Å². The number of aliphatic hydroxyl groups excluding tert-OH is 1. The van der Waals surface area contributed by atoms with E-state index in [0.29, 0.717) is 23.7 Å². The largest absolute Gasteiger partial charge is 0.392 e. The van der Waals surface area contributed by atoms with Crippen molar-refractivity contribution in [2.45, 2.75) is 32.4 Å². The van der Waals surface area contributed by atoms with E-state index in [9.17, 15) is 5.11 Å². The van der Waals surface area contributed by atoms with Crippen LogP contribution < -0.4 is 11.1 Å². The number of nitrogens with one attached hydrogen (secondary N) is 1. The minimum absolute atomic E-state index is 0.0156. The third-order valence-corrected chi connectivity index (χ3v) is 3.71. The molecular weight excluding hydrogens is 266 g/mol. The molecule has 0 amide bonds. The summed E-state index contributed by atoms with van der Waals surface area (Å²) in [7, 11) is 0. The number of aliphatic hydroxyl groups is 1. The molecule has 1 fully saturated rings. The maximum atomic E-state index is 9.21. The van der Waals surface area contributed by atoms with Gasteiger partial charge in [0.2, 0.25) is 11.9 Å². The molecule has 2 aromatic rings. The lowest BCUT2D eigenvalue weighted by Gasteiger charge is -2.13. The van der Waals surface area contributed by atoms with Crippen molar-refractivity contribution in [2.24, 2.45) is 5.92 Å². The fourth-order valence-electron chi connectivity index (χ4n) is 2.31. The van der Waals surface area contributed by atoms with Crippen LogP contribution in [0.1, 0.15) is 25.3 Å². The summed E-state index contributed by atoms with van der Waals surface area (Å²) in [5.41, 5.74) is 7.41. The van der Waals surface area contributed by atoms with Gasteiger partial charge in [0.05, 0.1) is 6.61 Å². The van der Waals surface area contributed by atoms with Crippen molar-refractivity contribution in [1.82, 2.24) is 15.0 Å². The molecule has 1 saturated carbocycles. The van der Waals surface area contributed by atoms with Gasteiger partial charge in [0.25, 0.3) is 0 Å². The lowest BCUT2D eigenvalue weighted by atomic mass is 10.1. The van der Waals surface area contributed by atoms with E-state index in [0.717, 1.165) is 11.1 Å². The highest BCUT2D eigenvalue weighted by Crippen LogP contribution is 2.33. The van der Waals surface area contributed by atoms with Crippen LogP contribution in [0.5, 0.6) is 0 Å². The lowest BCUT2D eigenvalue weighted by molar-refractivity contribution is 0.282. The first-order chi connectivity index (χ1) is 10.2. The minimum Gasteiger partial charge on any atom is -0.392 e. The zero-order valence-electron chi connectivity index (χ0n) is 12.0. The molecule has 0 spiro atoms. The zero-order chi connectivity index (χ0) is 14.8. The monoisotopic (exact) mass is 285 g/mol. The molecule has 1 aromatic heterocycles. The van der Waals surface area contributed by atoms with Crippen molar-refractivity contribution in [3.05, 3.63) is 29.8 Å². The predicted molar refractivity (Wildman–Crippen MR) is 81.4 cm³/mol. The Kier molecular flexibility index (Phi) is 3.70. The van der Waals surface area contributed by atoms with Gasteiger partial charge in [0.15, 0.2) is 5.82 Å². The third kappa shape index (κ3) is 3.28. The van der Waals surface area contributed by atoms with Crippen LogP contribution in [0.3, 0.4) is 0 Å². The first-order valence-electron chi connectivity index (χ1n) is 7.14. The van der Waals surface area contributed by atoms with Crippen LogP contribution in [0.25, 0.3) is 11.4 Å². The first-order valence-corrected chi connectivity index (χ1v) is 7.14. The van der Waals surface area contributed by atoms with E-state index < -0.39 is 0 Å². The van der Waals surface area contributed by atoms with Crippen LogP contribution in [0.4, 0.5) is 11.9 Å². The number of benzene rings is 1. The molecule has 1 heterocycles. The van der Waals surface area contributed by atoms with Crippen LogP contribution in [0, 0.1) is 5.92 Å². The van der Waals surface area contributed by atoms with Crippen LogP contribution in [0.15, 0.2) is 24.3 Å². The SMILES string of the molecule is CC(Nc1nc(N)nc(-c2cccc(CO)c2)n1)C1CC1. The second-order valence-corrected chi connectivity index (χ2v) is 5.47. The normalized spacial score (nSPS) is 15.7. The van der Waals surface area contributed by atoms with E-state index in [1.54, 1.807) is 0 Å². The quantitative estimate of drug-likeness (QED) is 0.775. The topological polar surface area (TPSA) is 97.0 Å². The van der Waals surface area contributed by atoms with Crippen molar-refractivity contribution >= 4 is 11.9 Å². The van der Waals surface area contributed by atoms with E-state index in [1.807, 2.05) is 24.3 Å². The van der Waals surface area contributed by atoms with Gasteiger partial charge in [-0.15, -0.1) is 0 Å². The number of rotatable bonds is 5. The molecule has 1 aliphatic rings. The molecule has 6 heteroatoms. The average Bonchev–Trinajstić information content (AvgIpc) is 3.31. The maximum absolute atomic E-state index is 9.21. The molecule has 6 nitrogen and oxygen atoms in total. The molecule has 0 bridgehead atoms. The number of hydrogen-bond donors (Lipinski definition) is 3. The van der Waals surface area contributed by atoms with Crippen molar-refractivity contribution < 1.29 is 5.11 Å². The van der Waals surface area contributed by atoms with Crippen LogP contribution in [-0.2, 0) is 6.61 Å². The van der Waals surface area contributed by atoms with Gasteiger partial charge in [-0.25, -0.2) is 0 Å². The summed E-state index contributed by atoms with van der Waals surface area (Å²) in [5, 5.41) is 12.5. The van der Waals surface area contributed by atoms with E-state index >= 15 is 0 Å². The first kappa shape index (κ1) is 13.8. The van der Waals surface area contributed by atoms with E-state index in [1.165, 1.54) is 12.8 Å². The molecule has 110 valence electrons. The van der Waals surface area contributed by atoms with Crippen molar-refractivity contribution in [2.75, 3.05) is 11.1 Å². The number of anilines is 2. The zero-order valence-corrected chi connectivity index (χ0v) is 12.0. The summed E-state index contributed by atoms with van der Waals surface area (Å²) < 4.78 is 0. The van der Waals surface area contributed by atoms with E-state index in [2.05, 4.69) is 27.2 Å². The van der Waals surface area contributed by atoms with Gasteiger partial charge >= 0.3 is 0 Å². The number of hydrogen-bond acceptors (Lipinski definition) is 6. The molecule has 1 aliphatic carbocycles. The lowest BCUT2D eigenvalue weighted by Crippen LogP contribution is -2.20. The Labute approximate surface area is 123 Å². The molecule has 3 rings (SSSR count). The molecule has 4 N–H and O–H groups in total. The van der Waals surface area contributed by atoms with Crippen LogP contribution in [-0.4, -0.2) is 26.1 Å². The molecular formula is C15H19N5O. The van der Waals surface area contributed by atoms with Gasteiger partial charge in [-0.1, -0.05) is 18.2 Å². The number of nitrogens with two attached hydrogens (primary N) is 1. The van der Waals surface area contributed by atoms with Gasteiger partial charge in [0, 0.05) is 11.6 Å². The Bertz CT molecular complexity index is 642. The molecule has 21 heavy (non-hydrogen) atoms. The van der Waals surface area contributed by atoms with Gasteiger partial charge in [-0.3, -0.25) is 0 Å². The summed E-state index contributed by atoms with van der Waals surface area (Å²) in [6, 6.07) is 7.79. The second kappa shape index (κ2) is 5.65. The summed E-state index contributed by atoms with van der Waals surface area (Å²) in [5.74, 6) is 1.92. The number of aromatic nitrogens is 3. The summed E-state index contributed by atoms with van der Waals surface area (Å²) in [4.78, 5) is 12.8. The fourth-order valence-corrected chi connectivity index (χ4v) is 2.31. The van der Waals surface area contributed by atoms with Crippen molar-refractivity contribution in [1.29, 1.82) is 0 Å². The highest BCUT2D eigenvalue weighted by atomic mass is 16.3. The Hall–Kier alpha value is -2.21. The molecule has 0 saturated heterocycles. The van der Waals surface area contributed by atoms with Gasteiger partial charge < -0.3 is 16.2 Å². The van der Waals surface area contributed by atoms with E-state index in [-0.39, 0.29) is 12.6 Å². The minimum atomic E-state index is -0.0156. The maximum Gasteiger partial charge on any atom is 0.228 e. The number of nitrogens with zero attached hydrogens (tertiary/aromatic N) is 3. The standard InChI is InChI=1S/C15H19N5O/c1-9(11-5-6-11)17-15-19-13(18-14(16)20-15)12-4-2-3-10(7-12)8-21/h2-4,7,9,11,21H,5-6,8H2,1H3,(H3,16,17,18,19,20). The third-order valence-electron chi connectivity index (χ3n) is 3.71.